The molecule has 2 fully saturated rings. The number of piperidine rings is 2. The highest BCUT2D eigenvalue weighted by atomic mass is 16.5. The van der Waals surface area contributed by atoms with E-state index in [1.165, 1.54) is 0 Å². The van der Waals surface area contributed by atoms with E-state index in [1.807, 2.05) is 36.2 Å². The van der Waals surface area contributed by atoms with Crippen LogP contribution in [-0.4, -0.2) is 85.4 Å². The molecule has 1 aromatic rings. The summed E-state index contributed by atoms with van der Waals surface area (Å²) in [5, 5.41) is 17.1. The van der Waals surface area contributed by atoms with E-state index >= 15 is 0 Å². The molecule has 2 N–H and O–H groups in total. The summed E-state index contributed by atoms with van der Waals surface area (Å²) < 4.78 is 11.0. The second-order valence-corrected chi connectivity index (χ2v) is 7.59. The summed E-state index contributed by atoms with van der Waals surface area (Å²) in [6.45, 7) is 3.43. The fourth-order valence-corrected chi connectivity index (χ4v) is 3.79. The van der Waals surface area contributed by atoms with Gasteiger partial charge in [0.1, 0.15) is 11.5 Å². The highest BCUT2D eigenvalue weighted by Crippen LogP contribution is 2.24. The van der Waals surface area contributed by atoms with Crippen molar-refractivity contribution in [1.29, 1.82) is 0 Å². The maximum atomic E-state index is 12.8. The van der Waals surface area contributed by atoms with E-state index in [0.717, 1.165) is 44.0 Å². The summed E-state index contributed by atoms with van der Waals surface area (Å²) in [6, 6.07) is 7.61. The first-order valence-corrected chi connectivity index (χ1v) is 9.98. The number of amides is 1. The Balaban J connectivity index is 0.000000941. The Hall–Kier alpha value is -2.32. The Bertz CT molecular complexity index is 631. The molecule has 0 bridgehead atoms. The fourth-order valence-electron chi connectivity index (χ4n) is 3.79. The Morgan fingerprint density at radius 3 is 2.31 bits per heavy atom. The standard InChI is InChI=1S/C20H30N2O4.CH2O2/c1-21-10-9-19(23)18(13-21)20(24)22-11-7-15(8-12-22)14-26-17-5-3-16(25-2)4-6-17;2-1-3/h3-6,15,18-19,23H,7-14H2,1-2H3;1H,(H,2,3)/t18-,19+;/m1./s1. The van der Waals surface area contributed by atoms with Crippen molar-refractivity contribution in [3.8, 4) is 11.5 Å². The number of methoxy groups -OCH3 is 1. The third kappa shape index (κ3) is 6.90. The number of carbonyl (C=O) groups is 2. The topological polar surface area (TPSA) is 99.5 Å². The van der Waals surface area contributed by atoms with Crippen molar-refractivity contribution in [3.63, 3.8) is 0 Å². The number of hydrogen-bond acceptors (Lipinski definition) is 6. The van der Waals surface area contributed by atoms with Crippen LogP contribution in [0.1, 0.15) is 19.3 Å². The van der Waals surface area contributed by atoms with Crippen LogP contribution in [0.15, 0.2) is 24.3 Å². The molecule has 8 heteroatoms. The van der Waals surface area contributed by atoms with Gasteiger partial charge in [-0.3, -0.25) is 9.59 Å². The zero-order valence-corrected chi connectivity index (χ0v) is 17.2. The molecule has 2 aliphatic heterocycles. The Morgan fingerprint density at radius 1 is 1.14 bits per heavy atom. The van der Waals surface area contributed by atoms with Gasteiger partial charge in [0.2, 0.25) is 5.91 Å². The Kier molecular flexibility index (Phi) is 9.21. The van der Waals surface area contributed by atoms with Crippen molar-refractivity contribution in [1.82, 2.24) is 9.80 Å². The number of aliphatic hydroxyl groups excluding tert-OH is 1. The molecule has 3 rings (SSSR count). The highest BCUT2D eigenvalue weighted by Gasteiger charge is 2.35. The number of carboxylic acid groups (broad SMARTS) is 1. The predicted molar refractivity (Wildman–Crippen MR) is 108 cm³/mol. The number of carbonyl (C=O) groups excluding carboxylic acids is 1. The maximum absolute atomic E-state index is 12.8. The fraction of sp³-hybridized carbons (Fsp3) is 0.619. The van der Waals surface area contributed by atoms with E-state index in [4.69, 9.17) is 19.4 Å². The van der Waals surface area contributed by atoms with Crippen LogP contribution in [0.3, 0.4) is 0 Å². The molecule has 29 heavy (non-hydrogen) atoms. The van der Waals surface area contributed by atoms with E-state index in [-0.39, 0.29) is 18.3 Å². The minimum atomic E-state index is -0.505. The number of ether oxygens (including phenoxy) is 2. The predicted octanol–water partition coefficient (Wildman–Crippen LogP) is 1.33. The van der Waals surface area contributed by atoms with Crippen LogP contribution in [0.25, 0.3) is 0 Å². The zero-order valence-electron chi connectivity index (χ0n) is 17.2. The summed E-state index contributed by atoms with van der Waals surface area (Å²) in [5.41, 5.74) is 0. The second kappa shape index (κ2) is 11.6. The quantitative estimate of drug-likeness (QED) is 0.709. The minimum Gasteiger partial charge on any atom is -0.497 e. The SMILES string of the molecule is COc1ccc(OCC2CCN(C(=O)[C@@H]3CN(C)CC[C@@H]3O)CC2)cc1.O=CO. The summed E-state index contributed by atoms with van der Waals surface area (Å²) in [5.74, 6) is 1.96. The van der Waals surface area contributed by atoms with Gasteiger partial charge in [-0.25, -0.2) is 0 Å². The molecular weight excluding hydrogens is 376 g/mol. The third-order valence-electron chi connectivity index (χ3n) is 5.57. The lowest BCUT2D eigenvalue weighted by atomic mass is 9.91. The number of rotatable bonds is 5. The number of likely N-dealkylation sites (tertiary alicyclic amines) is 2. The van der Waals surface area contributed by atoms with E-state index in [9.17, 15) is 9.90 Å². The average molecular weight is 408 g/mol. The number of nitrogens with zero attached hydrogens (tertiary/aromatic N) is 2. The highest BCUT2D eigenvalue weighted by molar-refractivity contribution is 5.80. The molecule has 0 spiro atoms. The molecular formula is C21H32N2O6. The van der Waals surface area contributed by atoms with Crippen LogP contribution in [0.2, 0.25) is 0 Å². The van der Waals surface area contributed by atoms with Gasteiger partial charge in [-0.1, -0.05) is 0 Å². The monoisotopic (exact) mass is 408 g/mol. The molecule has 0 aromatic heterocycles. The van der Waals surface area contributed by atoms with Gasteiger partial charge in [-0.2, -0.15) is 0 Å². The van der Waals surface area contributed by atoms with Gasteiger partial charge >= 0.3 is 0 Å². The lowest BCUT2D eigenvalue weighted by Gasteiger charge is -2.38. The third-order valence-corrected chi connectivity index (χ3v) is 5.57. The van der Waals surface area contributed by atoms with Crippen molar-refractivity contribution >= 4 is 12.4 Å². The van der Waals surface area contributed by atoms with Crippen molar-refractivity contribution in [2.75, 3.05) is 46.9 Å². The van der Waals surface area contributed by atoms with Crippen LogP contribution in [0, 0.1) is 11.8 Å². The molecule has 1 aromatic carbocycles. The number of hydrogen-bond donors (Lipinski definition) is 2. The Morgan fingerprint density at radius 2 is 1.72 bits per heavy atom. The van der Waals surface area contributed by atoms with Crippen LogP contribution in [0.4, 0.5) is 0 Å². The normalized spacial score (nSPS) is 22.9. The number of benzene rings is 1. The maximum Gasteiger partial charge on any atom is 0.290 e. The second-order valence-electron chi connectivity index (χ2n) is 7.59. The minimum absolute atomic E-state index is 0.110. The smallest absolute Gasteiger partial charge is 0.290 e. The van der Waals surface area contributed by atoms with Crippen LogP contribution < -0.4 is 9.47 Å². The number of aliphatic hydroxyl groups is 1. The zero-order chi connectivity index (χ0) is 21.2. The van der Waals surface area contributed by atoms with E-state index in [1.54, 1.807) is 7.11 Å². The van der Waals surface area contributed by atoms with Crippen LogP contribution in [-0.2, 0) is 9.59 Å². The van der Waals surface area contributed by atoms with E-state index < -0.39 is 6.10 Å². The van der Waals surface area contributed by atoms with Gasteiger partial charge < -0.3 is 29.5 Å². The first kappa shape index (κ1) is 23.0. The Labute approximate surface area is 172 Å². The molecule has 2 saturated heterocycles. The van der Waals surface area contributed by atoms with Gasteiger partial charge in [0.05, 0.1) is 25.7 Å². The van der Waals surface area contributed by atoms with Gasteiger partial charge in [0.15, 0.2) is 0 Å². The van der Waals surface area contributed by atoms with Gasteiger partial charge in [0.25, 0.3) is 6.47 Å². The van der Waals surface area contributed by atoms with Gasteiger partial charge in [0, 0.05) is 26.2 Å². The summed E-state index contributed by atoms with van der Waals surface area (Å²) in [7, 11) is 3.66. The molecule has 0 radical (unpaired) electrons. The molecule has 0 saturated carbocycles. The van der Waals surface area contributed by atoms with Crippen molar-refractivity contribution in [2.45, 2.75) is 25.4 Å². The lowest BCUT2D eigenvalue weighted by Crippen LogP contribution is -2.51. The molecule has 2 aliphatic rings. The van der Waals surface area contributed by atoms with Crippen LogP contribution in [0.5, 0.6) is 11.5 Å². The summed E-state index contributed by atoms with van der Waals surface area (Å²) in [4.78, 5) is 25.2. The first-order valence-electron chi connectivity index (χ1n) is 9.98. The average Bonchev–Trinajstić information content (AvgIpc) is 2.75. The first-order chi connectivity index (χ1) is 14.0. The molecule has 1 amide bonds. The summed E-state index contributed by atoms with van der Waals surface area (Å²) in [6.07, 6.45) is 2.06. The molecule has 8 nitrogen and oxygen atoms in total. The molecule has 0 unspecified atom stereocenters. The van der Waals surface area contributed by atoms with Crippen LogP contribution >= 0.6 is 0 Å². The summed E-state index contributed by atoms with van der Waals surface area (Å²) >= 11 is 0. The largest absolute Gasteiger partial charge is 0.497 e. The molecule has 162 valence electrons. The van der Waals surface area contributed by atoms with Crippen molar-refractivity contribution in [3.05, 3.63) is 24.3 Å². The molecule has 2 heterocycles. The van der Waals surface area contributed by atoms with Crippen molar-refractivity contribution in [2.24, 2.45) is 11.8 Å². The van der Waals surface area contributed by atoms with E-state index in [0.29, 0.717) is 25.5 Å². The molecule has 2 atom stereocenters. The van der Waals surface area contributed by atoms with Gasteiger partial charge in [-0.15, -0.1) is 0 Å². The van der Waals surface area contributed by atoms with Crippen molar-refractivity contribution < 1.29 is 29.3 Å². The van der Waals surface area contributed by atoms with Gasteiger partial charge in [-0.05, 0) is 56.5 Å². The van der Waals surface area contributed by atoms with E-state index in [2.05, 4.69) is 4.90 Å². The molecule has 0 aliphatic carbocycles. The lowest BCUT2D eigenvalue weighted by molar-refractivity contribution is -0.143.